The number of hydrogen-bond donors (Lipinski definition) is 2. The third-order valence-electron chi connectivity index (χ3n) is 2.69. The molecule has 0 aliphatic rings. The van der Waals surface area contributed by atoms with E-state index in [0.29, 0.717) is 28.9 Å². The van der Waals surface area contributed by atoms with Crippen molar-refractivity contribution >= 4 is 34.5 Å². The van der Waals surface area contributed by atoms with E-state index in [0.717, 1.165) is 9.88 Å². The maximum absolute atomic E-state index is 9.89. The van der Waals surface area contributed by atoms with Gasteiger partial charge in [0.25, 0.3) is 0 Å². The van der Waals surface area contributed by atoms with Crippen molar-refractivity contribution < 1.29 is 9.84 Å². The van der Waals surface area contributed by atoms with Crippen molar-refractivity contribution in [2.75, 3.05) is 13.2 Å². The third kappa shape index (κ3) is 5.13. The van der Waals surface area contributed by atoms with Crippen molar-refractivity contribution in [3.63, 3.8) is 0 Å². The van der Waals surface area contributed by atoms with Gasteiger partial charge in [0.1, 0.15) is 12.7 Å². The highest BCUT2D eigenvalue weighted by atomic mass is 35.5. The molecular weight excluding hydrogens is 331 g/mol. The molecule has 0 saturated carbocycles. The van der Waals surface area contributed by atoms with Crippen molar-refractivity contribution in [2.24, 2.45) is 0 Å². The molecule has 0 radical (unpaired) electrons. The summed E-state index contributed by atoms with van der Waals surface area (Å²) in [5.74, 6) is 0.401. The van der Waals surface area contributed by atoms with Gasteiger partial charge in [0.2, 0.25) is 0 Å². The van der Waals surface area contributed by atoms with Gasteiger partial charge in [0.15, 0.2) is 5.75 Å². The quantitative estimate of drug-likeness (QED) is 0.807. The standard InChI is InChI=1S/C14H16Cl2N2O2S/c1-9-18-7-11(21-9)6-17-5-10(19)8-20-14-12(15)3-2-4-13(14)16/h2-4,7,10,17,19H,5-6,8H2,1H3. The zero-order chi connectivity index (χ0) is 15.2. The Morgan fingerprint density at radius 2 is 2.10 bits per heavy atom. The maximum atomic E-state index is 9.89. The summed E-state index contributed by atoms with van der Waals surface area (Å²) in [6, 6.07) is 5.13. The number of nitrogens with zero attached hydrogens (tertiary/aromatic N) is 1. The number of rotatable bonds is 7. The van der Waals surface area contributed by atoms with E-state index < -0.39 is 6.10 Å². The van der Waals surface area contributed by atoms with Gasteiger partial charge >= 0.3 is 0 Å². The molecule has 0 spiro atoms. The van der Waals surface area contributed by atoms with Crippen LogP contribution in [0.1, 0.15) is 9.88 Å². The van der Waals surface area contributed by atoms with Crippen LogP contribution in [0.25, 0.3) is 0 Å². The number of aliphatic hydroxyl groups is 1. The lowest BCUT2D eigenvalue weighted by Gasteiger charge is -2.14. The van der Waals surface area contributed by atoms with Crippen LogP contribution in [0, 0.1) is 6.92 Å². The molecule has 0 fully saturated rings. The Morgan fingerprint density at radius 3 is 2.71 bits per heavy atom. The number of thiazole rings is 1. The SMILES string of the molecule is Cc1ncc(CNCC(O)COc2c(Cl)cccc2Cl)s1. The Labute approximate surface area is 137 Å². The molecule has 0 amide bonds. The first kappa shape index (κ1) is 16.5. The van der Waals surface area contributed by atoms with Gasteiger partial charge in [-0.25, -0.2) is 4.98 Å². The van der Waals surface area contributed by atoms with Gasteiger partial charge in [-0.2, -0.15) is 0 Å². The predicted octanol–water partition coefficient (Wildman–Crippen LogP) is 3.29. The summed E-state index contributed by atoms with van der Waals surface area (Å²) in [5.41, 5.74) is 0. The topological polar surface area (TPSA) is 54.4 Å². The monoisotopic (exact) mass is 346 g/mol. The minimum Gasteiger partial charge on any atom is -0.488 e. The Bertz CT molecular complexity index is 572. The summed E-state index contributed by atoms with van der Waals surface area (Å²) >= 11 is 13.6. The first-order valence-electron chi connectivity index (χ1n) is 6.43. The van der Waals surface area contributed by atoms with Crippen molar-refractivity contribution in [1.82, 2.24) is 10.3 Å². The number of para-hydroxylation sites is 1. The van der Waals surface area contributed by atoms with E-state index in [9.17, 15) is 5.11 Å². The zero-order valence-electron chi connectivity index (χ0n) is 11.5. The minimum absolute atomic E-state index is 0.123. The molecule has 0 saturated heterocycles. The molecule has 1 heterocycles. The lowest BCUT2D eigenvalue weighted by molar-refractivity contribution is 0.106. The molecule has 2 N–H and O–H groups in total. The van der Waals surface area contributed by atoms with Crippen LogP contribution >= 0.6 is 34.5 Å². The molecule has 0 bridgehead atoms. The molecule has 2 rings (SSSR count). The van der Waals surface area contributed by atoms with Gasteiger partial charge in [-0.15, -0.1) is 11.3 Å². The Balaban J connectivity index is 1.73. The van der Waals surface area contributed by atoms with Gasteiger partial charge < -0.3 is 15.2 Å². The Hall–Kier alpha value is -0.850. The number of aryl methyl sites for hydroxylation is 1. The number of hydrogen-bond acceptors (Lipinski definition) is 5. The van der Waals surface area contributed by atoms with Crippen LogP contribution in [0.15, 0.2) is 24.4 Å². The molecule has 1 aromatic heterocycles. The summed E-state index contributed by atoms with van der Waals surface area (Å²) in [4.78, 5) is 5.31. The largest absolute Gasteiger partial charge is 0.488 e. The van der Waals surface area contributed by atoms with Gasteiger partial charge in [-0.05, 0) is 19.1 Å². The van der Waals surface area contributed by atoms with Gasteiger partial charge in [0.05, 0.1) is 15.1 Å². The van der Waals surface area contributed by atoms with E-state index in [1.807, 2.05) is 13.1 Å². The average molecular weight is 347 g/mol. The van der Waals surface area contributed by atoms with Crippen LogP contribution in [0.3, 0.4) is 0 Å². The maximum Gasteiger partial charge on any atom is 0.156 e. The fourth-order valence-corrected chi connectivity index (χ4v) is 2.98. The average Bonchev–Trinajstić information content (AvgIpc) is 2.84. The third-order valence-corrected chi connectivity index (χ3v) is 4.20. The first-order chi connectivity index (χ1) is 10.1. The second-order valence-electron chi connectivity index (χ2n) is 4.49. The van der Waals surface area contributed by atoms with Crippen molar-refractivity contribution in [2.45, 2.75) is 19.6 Å². The second kappa shape index (κ2) is 7.96. The first-order valence-corrected chi connectivity index (χ1v) is 8.00. The Morgan fingerprint density at radius 1 is 1.38 bits per heavy atom. The van der Waals surface area contributed by atoms with E-state index in [4.69, 9.17) is 27.9 Å². The fraction of sp³-hybridized carbons (Fsp3) is 0.357. The molecule has 0 aliphatic heterocycles. The second-order valence-corrected chi connectivity index (χ2v) is 6.63. The fourth-order valence-electron chi connectivity index (χ4n) is 1.71. The molecule has 2 aromatic rings. The van der Waals surface area contributed by atoms with E-state index in [1.54, 1.807) is 29.5 Å². The van der Waals surface area contributed by atoms with Crippen molar-refractivity contribution in [3.8, 4) is 5.75 Å². The normalized spacial score (nSPS) is 12.4. The summed E-state index contributed by atoms with van der Waals surface area (Å²) in [5, 5.41) is 14.9. The highest BCUT2D eigenvalue weighted by molar-refractivity contribution is 7.11. The predicted molar refractivity (Wildman–Crippen MR) is 86.5 cm³/mol. The molecule has 1 atom stereocenters. The molecule has 7 heteroatoms. The molecular formula is C14H16Cl2N2O2S. The number of benzene rings is 1. The minimum atomic E-state index is -0.647. The van der Waals surface area contributed by atoms with Gasteiger partial charge in [-0.3, -0.25) is 0 Å². The number of aromatic nitrogens is 1. The van der Waals surface area contributed by atoms with Crippen LogP contribution in [-0.2, 0) is 6.54 Å². The lowest BCUT2D eigenvalue weighted by Crippen LogP contribution is -2.31. The van der Waals surface area contributed by atoms with Crippen LogP contribution in [0.2, 0.25) is 10.0 Å². The Kier molecular flexibility index (Phi) is 6.26. The molecule has 4 nitrogen and oxygen atoms in total. The van der Waals surface area contributed by atoms with Gasteiger partial charge in [0, 0.05) is 24.2 Å². The van der Waals surface area contributed by atoms with Crippen LogP contribution in [0.5, 0.6) is 5.75 Å². The van der Waals surface area contributed by atoms with E-state index in [-0.39, 0.29) is 6.61 Å². The summed E-state index contributed by atoms with van der Waals surface area (Å²) in [6.45, 7) is 3.18. The van der Waals surface area contributed by atoms with Gasteiger partial charge in [-0.1, -0.05) is 29.3 Å². The number of ether oxygens (including phenoxy) is 1. The summed E-state index contributed by atoms with van der Waals surface area (Å²) < 4.78 is 5.47. The number of aliphatic hydroxyl groups excluding tert-OH is 1. The lowest BCUT2D eigenvalue weighted by atomic mass is 10.3. The van der Waals surface area contributed by atoms with Crippen molar-refractivity contribution in [3.05, 3.63) is 44.3 Å². The molecule has 114 valence electrons. The van der Waals surface area contributed by atoms with E-state index in [1.165, 1.54) is 0 Å². The molecule has 1 unspecified atom stereocenters. The highest BCUT2D eigenvalue weighted by Gasteiger charge is 2.10. The van der Waals surface area contributed by atoms with Crippen LogP contribution < -0.4 is 10.1 Å². The van der Waals surface area contributed by atoms with Crippen LogP contribution in [0.4, 0.5) is 0 Å². The van der Waals surface area contributed by atoms with Crippen molar-refractivity contribution in [1.29, 1.82) is 0 Å². The number of nitrogens with one attached hydrogen (secondary N) is 1. The summed E-state index contributed by atoms with van der Waals surface area (Å²) in [6.07, 6.45) is 1.19. The highest BCUT2D eigenvalue weighted by Crippen LogP contribution is 2.32. The molecule has 21 heavy (non-hydrogen) atoms. The smallest absolute Gasteiger partial charge is 0.156 e. The molecule has 0 aliphatic carbocycles. The zero-order valence-corrected chi connectivity index (χ0v) is 13.8. The molecule has 1 aromatic carbocycles. The van der Waals surface area contributed by atoms with E-state index >= 15 is 0 Å². The number of halogens is 2. The summed E-state index contributed by atoms with van der Waals surface area (Å²) in [7, 11) is 0. The van der Waals surface area contributed by atoms with E-state index in [2.05, 4.69) is 10.3 Å². The van der Waals surface area contributed by atoms with Crippen LogP contribution in [-0.4, -0.2) is 29.3 Å².